The quantitative estimate of drug-likeness (QED) is 0.634. The normalized spacial score (nSPS) is 13.8. The number of fused-ring (bicyclic) bond motifs is 2. The highest BCUT2D eigenvalue weighted by atomic mass is 16.5. The number of hydrogen-bond donors (Lipinski definition) is 2. The lowest BCUT2D eigenvalue weighted by molar-refractivity contribution is -0.121. The topological polar surface area (TPSA) is 74.4 Å². The third-order valence-electron chi connectivity index (χ3n) is 5.71. The monoisotopic (exact) mass is 405 g/mol. The Labute approximate surface area is 175 Å². The Morgan fingerprint density at radius 1 is 1.17 bits per heavy atom. The zero-order valence-corrected chi connectivity index (χ0v) is 17.2. The summed E-state index contributed by atoms with van der Waals surface area (Å²) >= 11 is 0. The molecule has 0 spiro atoms. The minimum atomic E-state index is -0.146. The van der Waals surface area contributed by atoms with Gasteiger partial charge in [0.25, 0.3) is 5.56 Å². The van der Waals surface area contributed by atoms with Crippen molar-refractivity contribution in [2.75, 3.05) is 26.7 Å². The first kappa shape index (κ1) is 20.2. The SMILES string of the molecule is COc1ccc2[nH]c(=O)c(CCC(=O)NCCN3CCc4ccccc4C3)cc2c1. The van der Waals surface area contributed by atoms with E-state index in [1.165, 1.54) is 11.1 Å². The molecule has 6 nitrogen and oxygen atoms in total. The van der Waals surface area contributed by atoms with Gasteiger partial charge >= 0.3 is 0 Å². The van der Waals surface area contributed by atoms with E-state index in [4.69, 9.17) is 4.74 Å². The number of aryl methyl sites for hydroxylation is 1. The van der Waals surface area contributed by atoms with Crippen molar-refractivity contribution in [2.45, 2.75) is 25.8 Å². The van der Waals surface area contributed by atoms with Crippen LogP contribution >= 0.6 is 0 Å². The molecule has 0 fully saturated rings. The summed E-state index contributed by atoms with van der Waals surface area (Å²) in [5.41, 5.74) is 4.03. The highest BCUT2D eigenvalue weighted by Crippen LogP contribution is 2.19. The first-order chi connectivity index (χ1) is 14.6. The van der Waals surface area contributed by atoms with Gasteiger partial charge in [0.2, 0.25) is 5.91 Å². The summed E-state index contributed by atoms with van der Waals surface area (Å²) in [4.78, 5) is 29.8. The van der Waals surface area contributed by atoms with E-state index >= 15 is 0 Å². The van der Waals surface area contributed by atoms with Gasteiger partial charge in [0, 0.05) is 49.1 Å². The highest BCUT2D eigenvalue weighted by Gasteiger charge is 2.15. The predicted molar refractivity (Wildman–Crippen MR) is 118 cm³/mol. The molecule has 2 aromatic carbocycles. The van der Waals surface area contributed by atoms with Crippen LogP contribution in [0.2, 0.25) is 0 Å². The van der Waals surface area contributed by atoms with Gasteiger partial charge in [0.1, 0.15) is 5.75 Å². The molecular formula is C24H27N3O3. The second kappa shape index (κ2) is 9.13. The molecule has 2 heterocycles. The second-order valence-corrected chi connectivity index (χ2v) is 7.72. The van der Waals surface area contributed by atoms with Gasteiger partial charge in [-0.2, -0.15) is 0 Å². The fraction of sp³-hybridized carbons (Fsp3) is 0.333. The van der Waals surface area contributed by atoms with E-state index in [1.807, 2.05) is 24.3 Å². The number of ether oxygens (including phenoxy) is 1. The lowest BCUT2D eigenvalue weighted by Gasteiger charge is -2.28. The van der Waals surface area contributed by atoms with Crippen molar-refractivity contribution >= 4 is 16.8 Å². The van der Waals surface area contributed by atoms with E-state index in [9.17, 15) is 9.59 Å². The van der Waals surface area contributed by atoms with E-state index in [0.29, 0.717) is 24.9 Å². The molecule has 1 aliphatic heterocycles. The van der Waals surface area contributed by atoms with Gasteiger partial charge in [-0.15, -0.1) is 0 Å². The van der Waals surface area contributed by atoms with E-state index in [0.717, 1.165) is 42.7 Å². The standard InChI is InChI=1S/C24H27N3O3/c1-30-21-7-8-22-20(15-21)14-18(24(29)26-22)6-9-23(28)25-11-13-27-12-10-17-4-2-3-5-19(17)16-27/h2-5,7-8,14-15H,6,9-13,16H2,1H3,(H,25,28)(H,26,29). The molecule has 0 unspecified atom stereocenters. The molecule has 2 N–H and O–H groups in total. The van der Waals surface area contributed by atoms with Crippen LogP contribution in [0.3, 0.4) is 0 Å². The summed E-state index contributed by atoms with van der Waals surface area (Å²) in [6, 6.07) is 15.9. The molecule has 0 saturated heterocycles. The molecule has 1 aliphatic rings. The molecule has 30 heavy (non-hydrogen) atoms. The average molecular weight is 405 g/mol. The Balaban J connectivity index is 1.27. The van der Waals surface area contributed by atoms with Crippen LogP contribution in [0.4, 0.5) is 0 Å². The second-order valence-electron chi connectivity index (χ2n) is 7.72. The molecule has 0 bridgehead atoms. The molecule has 4 rings (SSSR count). The first-order valence-electron chi connectivity index (χ1n) is 10.4. The average Bonchev–Trinajstić information content (AvgIpc) is 2.77. The van der Waals surface area contributed by atoms with Crippen molar-refractivity contribution in [3.63, 3.8) is 0 Å². The Kier molecular flexibility index (Phi) is 6.14. The van der Waals surface area contributed by atoms with E-state index in [-0.39, 0.29) is 11.5 Å². The number of nitrogens with one attached hydrogen (secondary N) is 2. The fourth-order valence-corrected chi connectivity index (χ4v) is 3.98. The number of carbonyl (C=O) groups excluding carboxylic acids is 1. The number of nitrogens with zero attached hydrogens (tertiary/aromatic N) is 1. The highest BCUT2D eigenvalue weighted by molar-refractivity contribution is 5.81. The third-order valence-corrected chi connectivity index (χ3v) is 5.71. The fourth-order valence-electron chi connectivity index (χ4n) is 3.98. The number of methoxy groups -OCH3 is 1. The lowest BCUT2D eigenvalue weighted by Crippen LogP contribution is -2.37. The number of carbonyl (C=O) groups is 1. The number of hydrogen-bond acceptors (Lipinski definition) is 4. The smallest absolute Gasteiger partial charge is 0.251 e. The third kappa shape index (κ3) is 4.71. The minimum absolute atomic E-state index is 0.0300. The van der Waals surface area contributed by atoms with Crippen LogP contribution in [-0.2, 0) is 24.2 Å². The van der Waals surface area contributed by atoms with Crippen LogP contribution in [0.1, 0.15) is 23.1 Å². The number of H-pyrrole nitrogens is 1. The largest absolute Gasteiger partial charge is 0.497 e. The van der Waals surface area contributed by atoms with Gasteiger partial charge in [-0.3, -0.25) is 14.5 Å². The maximum Gasteiger partial charge on any atom is 0.251 e. The maximum absolute atomic E-state index is 12.3. The van der Waals surface area contributed by atoms with Gasteiger partial charge in [-0.25, -0.2) is 0 Å². The van der Waals surface area contributed by atoms with Gasteiger partial charge < -0.3 is 15.0 Å². The van der Waals surface area contributed by atoms with Gasteiger partial charge in [-0.1, -0.05) is 24.3 Å². The summed E-state index contributed by atoms with van der Waals surface area (Å²) in [7, 11) is 1.61. The van der Waals surface area contributed by atoms with Crippen molar-refractivity contribution in [1.82, 2.24) is 15.2 Å². The van der Waals surface area contributed by atoms with Crippen molar-refractivity contribution in [3.8, 4) is 5.75 Å². The first-order valence-corrected chi connectivity index (χ1v) is 10.4. The van der Waals surface area contributed by atoms with Crippen LogP contribution in [0.25, 0.3) is 10.9 Å². The number of benzene rings is 2. The lowest BCUT2D eigenvalue weighted by atomic mass is 10.00. The van der Waals surface area contributed by atoms with E-state index < -0.39 is 0 Å². The van der Waals surface area contributed by atoms with Gasteiger partial charge in [0.15, 0.2) is 0 Å². The van der Waals surface area contributed by atoms with Crippen molar-refractivity contribution < 1.29 is 9.53 Å². The maximum atomic E-state index is 12.3. The number of amides is 1. The summed E-state index contributed by atoms with van der Waals surface area (Å²) in [5, 5.41) is 3.88. The Morgan fingerprint density at radius 2 is 2.00 bits per heavy atom. The molecule has 0 aliphatic carbocycles. The number of rotatable bonds is 7. The summed E-state index contributed by atoms with van der Waals surface area (Å²) < 4.78 is 5.24. The van der Waals surface area contributed by atoms with Crippen molar-refractivity contribution in [3.05, 3.63) is 75.6 Å². The van der Waals surface area contributed by atoms with E-state index in [2.05, 4.69) is 39.5 Å². The van der Waals surface area contributed by atoms with Crippen molar-refractivity contribution in [2.24, 2.45) is 0 Å². The number of pyridine rings is 1. The van der Waals surface area contributed by atoms with Crippen LogP contribution in [0, 0.1) is 0 Å². The number of aromatic amines is 1. The van der Waals surface area contributed by atoms with Crippen molar-refractivity contribution in [1.29, 1.82) is 0 Å². The molecule has 1 aromatic heterocycles. The Morgan fingerprint density at radius 3 is 2.83 bits per heavy atom. The van der Waals surface area contributed by atoms with E-state index in [1.54, 1.807) is 7.11 Å². The molecular weight excluding hydrogens is 378 g/mol. The molecule has 0 saturated carbocycles. The van der Waals surface area contributed by atoms with Crippen LogP contribution in [0.15, 0.2) is 53.3 Å². The van der Waals surface area contributed by atoms with Gasteiger partial charge in [-0.05, 0) is 48.2 Å². The Hall–Kier alpha value is -3.12. The summed E-state index contributed by atoms with van der Waals surface area (Å²) in [6.07, 6.45) is 1.76. The Bertz CT molecular complexity index is 1110. The van der Waals surface area contributed by atoms with Crippen LogP contribution in [0.5, 0.6) is 5.75 Å². The minimum Gasteiger partial charge on any atom is -0.497 e. The predicted octanol–water partition coefficient (Wildman–Crippen LogP) is 2.64. The van der Waals surface area contributed by atoms with Crippen LogP contribution < -0.4 is 15.6 Å². The zero-order chi connectivity index (χ0) is 20.9. The van der Waals surface area contributed by atoms with Crippen LogP contribution in [-0.4, -0.2) is 42.5 Å². The molecule has 6 heteroatoms. The van der Waals surface area contributed by atoms with Gasteiger partial charge in [0.05, 0.1) is 7.11 Å². The molecule has 1 amide bonds. The summed E-state index contributed by atoms with van der Waals surface area (Å²) in [5.74, 6) is 0.705. The number of aromatic nitrogens is 1. The molecule has 156 valence electrons. The molecule has 3 aromatic rings. The molecule has 0 atom stereocenters. The molecule has 0 radical (unpaired) electrons. The summed E-state index contributed by atoms with van der Waals surface area (Å²) in [6.45, 7) is 3.40. The zero-order valence-electron chi connectivity index (χ0n) is 17.2.